The van der Waals surface area contributed by atoms with Gasteiger partial charge in [0.05, 0.1) is 10.6 Å². The summed E-state index contributed by atoms with van der Waals surface area (Å²) in [5.74, 6) is 1.17. The largest absolute Gasteiger partial charge is 0.356 e. The maximum atomic E-state index is 5.04. The van der Waals surface area contributed by atoms with Crippen molar-refractivity contribution in [3.63, 3.8) is 0 Å². The number of pyridine rings is 1. The average molecular weight is 345 g/mol. The molecule has 4 heteroatoms. The van der Waals surface area contributed by atoms with Gasteiger partial charge in [-0.3, -0.25) is 0 Å². The van der Waals surface area contributed by atoms with Crippen molar-refractivity contribution < 1.29 is 0 Å². The van der Waals surface area contributed by atoms with E-state index >= 15 is 0 Å². The summed E-state index contributed by atoms with van der Waals surface area (Å²) in [5, 5.41) is 4.71. The molecule has 0 N–H and O–H groups in total. The van der Waals surface area contributed by atoms with Crippen molar-refractivity contribution in [2.75, 3.05) is 18.0 Å². The molecule has 1 aliphatic heterocycles. The summed E-state index contributed by atoms with van der Waals surface area (Å²) in [5.41, 5.74) is 2.41. The van der Waals surface area contributed by atoms with Gasteiger partial charge in [-0.15, -0.1) is 23.7 Å². The highest BCUT2D eigenvalue weighted by molar-refractivity contribution is 7.13. The number of anilines is 1. The van der Waals surface area contributed by atoms with Gasteiger partial charge < -0.3 is 4.90 Å². The number of hydrogen-bond acceptors (Lipinski definition) is 3. The van der Waals surface area contributed by atoms with Gasteiger partial charge in [0, 0.05) is 18.5 Å². The minimum atomic E-state index is 0. The fourth-order valence-corrected chi connectivity index (χ4v) is 3.93. The van der Waals surface area contributed by atoms with Gasteiger partial charge in [0.1, 0.15) is 5.82 Å². The molecule has 23 heavy (non-hydrogen) atoms. The maximum absolute atomic E-state index is 5.04. The molecule has 0 atom stereocenters. The quantitative estimate of drug-likeness (QED) is 0.594. The predicted molar refractivity (Wildman–Crippen MR) is 103 cm³/mol. The van der Waals surface area contributed by atoms with Crippen LogP contribution in [0.5, 0.6) is 0 Å². The number of halogens is 1. The van der Waals surface area contributed by atoms with Crippen molar-refractivity contribution in [1.82, 2.24) is 4.98 Å². The van der Waals surface area contributed by atoms with Gasteiger partial charge in [0.2, 0.25) is 0 Å². The van der Waals surface area contributed by atoms with Gasteiger partial charge in [0.15, 0.2) is 0 Å². The molecule has 0 unspecified atom stereocenters. The van der Waals surface area contributed by atoms with E-state index in [4.69, 9.17) is 4.98 Å². The molecular weight excluding hydrogens is 324 g/mol. The van der Waals surface area contributed by atoms with Crippen molar-refractivity contribution in [1.29, 1.82) is 0 Å². The summed E-state index contributed by atoms with van der Waals surface area (Å²) in [6, 6.07) is 13.2. The lowest BCUT2D eigenvalue weighted by molar-refractivity contribution is 0.575. The number of rotatable bonds is 2. The molecule has 2 aromatic heterocycles. The molecule has 4 rings (SSSR count). The van der Waals surface area contributed by atoms with E-state index < -0.39 is 0 Å². The van der Waals surface area contributed by atoms with Gasteiger partial charge in [-0.25, -0.2) is 4.98 Å². The predicted octanol–water partition coefficient (Wildman–Crippen LogP) is 5.68. The normalized spacial score (nSPS) is 14.7. The summed E-state index contributed by atoms with van der Waals surface area (Å²) in [4.78, 5) is 8.77. The number of hydrogen-bond donors (Lipinski definition) is 0. The molecule has 1 aliphatic rings. The van der Waals surface area contributed by atoms with Crippen LogP contribution >= 0.6 is 23.7 Å². The highest BCUT2D eigenvalue weighted by atomic mass is 35.5. The zero-order valence-electron chi connectivity index (χ0n) is 13.3. The Morgan fingerprint density at radius 3 is 2.61 bits per heavy atom. The SMILES string of the molecule is Cc1ccc2cc(-c3cccs3)nc(N3CCCCC3)c2c1.Cl. The van der Waals surface area contributed by atoms with E-state index in [2.05, 4.69) is 53.6 Å². The zero-order valence-corrected chi connectivity index (χ0v) is 14.9. The van der Waals surface area contributed by atoms with Crippen LogP contribution in [0.15, 0.2) is 41.8 Å². The fourth-order valence-electron chi connectivity index (χ4n) is 3.24. The summed E-state index contributed by atoms with van der Waals surface area (Å²) in [7, 11) is 0. The molecule has 0 amide bonds. The standard InChI is InChI=1S/C19H20N2S.ClH/c1-14-7-8-15-13-17(18-6-5-11-22-18)20-19(16(15)12-14)21-9-3-2-4-10-21;/h5-8,11-13H,2-4,9-10H2,1H3;1H. The van der Waals surface area contributed by atoms with Crippen molar-refractivity contribution >= 4 is 40.3 Å². The smallest absolute Gasteiger partial charge is 0.137 e. The lowest BCUT2D eigenvalue weighted by Crippen LogP contribution is -2.30. The minimum absolute atomic E-state index is 0. The van der Waals surface area contributed by atoms with Crippen LogP contribution in [0.25, 0.3) is 21.3 Å². The molecule has 1 aromatic carbocycles. The lowest BCUT2D eigenvalue weighted by atomic mass is 10.1. The number of fused-ring (bicyclic) bond motifs is 1. The van der Waals surface area contributed by atoms with Gasteiger partial charge in [0.25, 0.3) is 0 Å². The number of aromatic nitrogens is 1. The maximum Gasteiger partial charge on any atom is 0.137 e. The molecule has 0 spiro atoms. The molecular formula is C19H21ClN2S. The van der Waals surface area contributed by atoms with E-state index in [1.54, 1.807) is 11.3 Å². The van der Waals surface area contributed by atoms with Crippen LogP contribution in [0.2, 0.25) is 0 Å². The number of piperidine rings is 1. The zero-order chi connectivity index (χ0) is 14.9. The summed E-state index contributed by atoms with van der Waals surface area (Å²) >= 11 is 1.76. The lowest BCUT2D eigenvalue weighted by Gasteiger charge is -2.29. The monoisotopic (exact) mass is 344 g/mol. The van der Waals surface area contributed by atoms with E-state index in [1.165, 1.54) is 46.3 Å². The Hall–Kier alpha value is -1.58. The number of benzene rings is 1. The first-order valence-electron chi connectivity index (χ1n) is 8.01. The molecule has 3 heterocycles. The molecule has 1 saturated heterocycles. The highest BCUT2D eigenvalue weighted by Crippen LogP contribution is 2.33. The minimum Gasteiger partial charge on any atom is -0.356 e. The number of aryl methyl sites for hydroxylation is 1. The van der Waals surface area contributed by atoms with E-state index in [0.29, 0.717) is 0 Å². The van der Waals surface area contributed by atoms with Crippen LogP contribution in [0.1, 0.15) is 24.8 Å². The van der Waals surface area contributed by atoms with Crippen LogP contribution in [-0.2, 0) is 0 Å². The highest BCUT2D eigenvalue weighted by Gasteiger charge is 2.17. The van der Waals surface area contributed by atoms with Crippen LogP contribution in [0, 0.1) is 6.92 Å². The molecule has 120 valence electrons. The summed E-state index contributed by atoms with van der Waals surface area (Å²) < 4.78 is 0. The first kappa shape index (κ1) is 16.3. The van der Waals surface area contributed by atoms with Crippen LogP contribution in [0.3, 0.4) is 0 Å². The first-order valence-corrected chi connectivity index (χ1v) is 8.89. The van der Waals surface area contributed by atoms with Gasteiger partial charge >= 0.3 is 0 Å². The third-order valence-corrected chi connectivity index (χ3v) is 5.29. The topological polar surface area (TPSA) is 16.1 Å². The van der Waals surface area contributed by atoms with Crippen molar-refractivity contribution in [2.24, 2.45) is 0 Å². The summed E-state index contributed by atoms with van der Waals surface area (Å²) in [6.07, 6.45) is 3.90. The van der Waals surface area contributed by atoms with E-state index in [0.717, 1.165) is 18.8 Å². The van der Waals surface area contributed by atoms with E-state index in [-0.39, 0.29) is 12.4 Å². The molecule has 2 nitrogen and oxygen atoms in total. The Balaban J connectivity index is 0.00000156. The van der Waals surface area contributed by atoms with E-state index in [1.807, 2.05) is 0 Å². The molecule has 1 fully saturated rings. The second kappa shape index (κ2) is 6.90. The molecule has 3 aromatic rings. The Morgan fingerprint density at radius 2 is 1.87 bits per heavy atom. The van der Waals surface area contributed by atoms with Crippen LogP contribution < -0.4 is 4.90 Å². The number of nitrogens with zero attached hydrogens (tertiary/aromatic N) is 2. The van der Waals surface area contributed by atoms with Crippen molar-refractivity contribution in [2.45, 2.75) is 26.2 Å². The second-order valence-electron chi connectivity index (χ2n) is 6.08. The molecule has 0 aliphatic carbocycles. The molecule has 0 saturated carbocycles. The Bertz CT molecular complexity index is 792. The first-order chi connectivity index (χ1) is 10.8. The summed E-state index contributed by atoms with van der Waals surface area (Å²) in [6.45, 7) is 4.42. The molecule has 0 bridgehead atoms. The number of thiophene rings is 1. The van der Waals surface area contributed by atoms with Crippen molar-refractivity contribution in [3.8, 4) is 10.6 Å². The Labute approximate surface area is 147 Å². The van der Waals surface area contributed by atoms with Gasteiger partial charge in [-0.05, 0) is 55.2 Å². The Morgan fingerprint density at radius 1 is 1.04 bits per heavy atom. The average Bonchev–Trinajstić information content (AvgIpc) is 3.09. The second-order valence-corrected chi connectivity index (χ2v) is 7.03. The van der Waals surface area contributed by atoms with Gasteiger partial charge in [-0.1, -0.05) is 23.8 Å². The van der Waals surface area contributed by atoms with Crippen molar-refractivity contribution in [3.05, 3.63) is 47.3 Å². The fraction of sp³-hybridized carbons (Fsp3) is 0.316. The Kier molecular flexibility index (Phi) is 4.88. The van der Waals surface area contributed by atoms with Gasteiger partial charge in [-0.2, -0.15) is 0 Å². The molecule has 0 radical (unpaired) electrons. The van der Waals surface area contributed by atoms with Crippen LogP contribution in [-0.4, -0.2) is 18.1 Å². The third kappa shape index (κ3) is 3.22. The van der Waals surface area contributed by atoms with Crippen LogP contribution in [0.4, 0.5) is 5.82 Å². The third-order valence-electron chi connectivity index (χ3n) is 4.40. The van der Waals surface area contributed by atoms with E-state index in [9.17, 15) is 0 Å².